The summed E-state index contributed by atoms with van der Waals surface area (Å²) in [6, 6.07) is 3.50. The van der Waals surface area contributed by atoms with Crippen LogP contribution in [0.2, 0.25) is 0 Å². The number of hydrogen-bond acceptors (Lipinski definition) is 3. The van der Waals surface area contributed by atoms with Crippen LogP contribution in [-0.4, -0.2) is 42.1 Å². The predicted octanol–water partition coefficient (Wildman–Crippen LogP) is 4.87. The van der Waals surface area contributed by atoms with E-state index in [0.717, 1.165) is 62.9 Å². The van der Waals surface area contributed by atoms with Gasteiger partial charge in [-0.2, -0.15) is 13.2 Å². The molecule has 7 heteroatoms. The Balaban J connectivity index is 1.39. The van der Waals surface area contributed by atoms with Crippen LogP contribution in [0.4, 0.5) is 13.2 Å². The lowest BCUT2D eigenvalue weighted by Crippen LogP contribution is -2.42. The number of fused-ring (bicyclic) bond motifs is 2. The Kier molecular flexibility index (Phi) is 6.01. The summed E-state index contributed by atoms with van der Waals surface area (Å²) in [5.41, 5.74) is 1.59. The molecule has 1 amide bonds. The minimum absolute atomic E-state index is 0.0826. The van der Waals surface area contributed by atoms with Crippen LogP contribution in [0.25, 0.3) is 0 Å². The summed E-state index contributed by atoms with van der Waals surface area (Å²) < 4.78 is 46.2. The number of alkyl halides is 3. The van der Waals surface area contributed by atoms with Crippen molar-refractivity contribution in [1.82, 2.24) is 10.2 Å². The van der Waals surface area contributed by atoms with Gasteiger partial charge in [0.15, 0.2) is 0 Å². The fraction of sp³-hybridized carbons (Fsp3) is 0.731. The molecule has 3 fully saturated rings. The molecule has 1 aliphatic carbocycles. The van der Waals surface area contributed by atoms with Crippen LogP contribution in [0.15, 0.2) is 12.1 Å². The second kappa shape index (κ2) is 8.56. The molecule has 5 rings (SSSR count). The maximum Gasteiger partial charge on any atom is 0.416 e. The third-order valence-electron chi connectivity index (χ3n) is 8.81. The van der Waals surface area contributed by atoms with E-state index in [1.54, 1.807) is 0 Å². The largest absolute Gasteiger partial charge is 0.416 e. The zero-order valence-electron chi connectivity index (χ0n) is 19.6. The lowest BCUT2D eigenvalue weighted by molar-refractivity contribution is -0.137. The predicted molar refractivity (Wildman–Crippen MR) is 120 cm³/mol. The number of carbonyl (C=O) groups excluding carboxylic acids is 1. The summed E-state index contributed by atoms with van der Waals surface area (Å²) in [6.45, 7) is 6.10. The second-order valence-electron chi connectivity index (χ2n) is 10.7. The normalized spacial score (nSPS) is 32.5. The topological polar surface area (TPSA) is 41.6 Å². The third kappa shape index (κ3) is 3.99. The molecule has 1 spiro atoms. The minimum Gasteiger partial charge on any atom is -0.381 e. The molecule has 33 heavy (non-hydrogen) atoms. The van der Waals surface area contributed by atoms with Crippen molar-refractivity contribution in [2.24, 2.45) is 11.3 Å². The van der Waals surface area contributed by atoms with Gasteiger partial charge in [-0.25, -0.2) is 0 Å². The maximum absolute atomic E-state index is 13.8. The average Bonchev–Trinajstić information content (AvgIpc) is 3.29. The fourth-order valence-electron chi connectivity index (χ4n) is 7.02. The molecule has 182 valence electrons. The highest BCUT2D eigenvalue weighted by molar-refractivity contribution is 5.87. The van der Waals surface area contributed by atoms with Crippen molar-refractivity contribution in [2.45, 2.75) is 96.1 Å². The van der Waals surface area contributed by atoms with Crippen LogP contribution in [-0.2, 0) is 35.1 Å². The number of hydrogen-bond donors (Lipinski definition) is 1. The van der Waals surface area contributed by atoms with E-state index < -0.39 is 11.7 Å². The molecule has 2 unspecified atom stereocenters. The zero-order chi connectivity index (χ0) is 23.4. The summed E-state index contributed by atoms with van der Waals surface area (Å²) in [5, 5.41) is 3.78. The highest BCUT2D eigenvalue weighted by atomic mass is 19.4. The molecule has 1 saturated carbocycles. The summed E-state index contributed by atoms with van der Waals surface area (Å²) in [7, 11) is 0. The molecule has 1 aromatic rings. The fourth-order valence-corrected chi connectivity index (χ4v) is 7.02. The summed E-state index contributed by atoms with van der Waals surface area (Å²) in [5.74, 6) is 0.368. The Morgan fingerprint density at radius 3 is 2.64 bits per heavy atom. The minimum atomic E-state index is -4.37. The number of halogens is 3. The molecule has 4 aliphatic rings. The van der Waals surface area contributed by atoms with Crippen LogP contribution in [0, 0.1) is 11.3 Å². The summed E-state index contributed by atoms with van der Waals surface area (Å²) in [6.07, 6.45) is 2.47. The van der Waals surface area contributed by atoms with Gasteiger partial charge in [0.2, 0.25) is 5.91 Å². The molecule has 3 aliphatic heterocycles. The molecular weight excluding hydrogens is 429 g/mol. The van der Waals surface area contributed by atoms with E-state index in [0.29, 0.717) is 37.0 Å². The Labute approximate surface area is 194 Å². The van der Waals surface area contributed by atoms with Crippen LogP contribution in [0.5, 0.6) is 0 Å². The van der Waals surface area contributed by atoms with E-state index in [9.17, 15) is 18.0 Å². The first kappa shape index (κ1) is 23.2. The van der Waals surface area contributed by atoms with Crippen molar-refractivity contribution < 1.29 is 22.7 Å². The molecule has 2 saturated heterocycles. The van der Waals surface area contributed by atoms with Gasteiger partial charge in [0.1, 0.15) is 0 Å². The molecule has 1 N–H and O–H groups in total. The molecule has 4 nitrogen and oxygen atoms in total. The van der Waals surface area contributed by atoms with Gasteiger partial charge in [-0.1, -0.05) is 20.3 Å². The van der Waals surface area contributed by atoms with Gasteiger partial charge in [-0.15, -0.1) is 0 Å². The number of carbonyl (C=O) groups is 1. The zero-order valence-corrected chi connectivity index (χ0v) is 19.6. The number of ether oxygens (including phenoxy) is 1. The highest BCUT2D eigenvalue weighted by Crippen LogP contribution is 2.55. The smallest absolute Gasteiger partial charge is 0.381 e. The van der Waals surface area contributed by atoms with Crippen molar-refractivity contribution in [2.75, 3.05) is 13.2 Å². The van der Waals surface area contributed by atoms with Gasteiger partial charge >= 0.3 is 6.18 Å². The van der Waals surface area contributed by atoms with E-state index in [4.69, 9.17) is 4.74 Å². The maximum atomic E-state index is 13.8. The van der Waals surface area contributed by atoms with Crippen LogP contribution in [0.1, 0.15) is 74.6 Å². The van der Waals surface area contributed by atoms with Gasteiger partial charge in [-0.3, -0.25) is 4.79 Å². The van der Waals surface area contributed by atoms with Crippen LogP contribution >= 0.6 is 0 Å². The Hall–Kier alpha value is -1.60. The van der Waals surface area contributed by atoms with Crippen LogP contribution in [0.3, 0.4) is 0 Å². The Bertz CT molecular complexity index is 912. The molecule has 0 bridgehead atoms. The number of benzene rings is 1. The highest BCUT2D eigenvalue weighted by Gasteiger charge is 2.60. The third-order valence-corrected chi connectivity index (χ3v) is 8.81. The quantitative estimate of drug-likeness (QED) is 0.691. The summed E-state index contributed by atoms with van der Waals surface area (Å²) in [4.78, 5) is 15.7. The molecule has 0 aromatic heterocycles. The first-order chi connectivity index (χ1) is 15.7. The Morgan fingerprint density at radius 2 is 1.94 bits per heavy atom. The first-order valence-electron chi connectivity index (χ1n) is 12.6. The molecular formula is C26H35F3N2O2. The second-order valence-corrected chi connectivity index (χ2v) is 10.7. The molecule has 4 atom stereocenters. The van der Waals surface area contributed by atoms with Crippen molar-refractivity contribution in [3.8, 4) is 0 Å². The molecule has 1 aromatic carbocycles. The van der Waals surface area contributed by atoms with Gasteiger partial charge in [0.05, 0.1) is 11.0 Å². The number of aryl methyl sites for hydroxylation is 1. The SMILES string of the molecule is CCCc1cc(C(F)(F)F)cc2c1CC1C(C)[C@@]3(CC[C@@H](NC4CCOCC4)C3)C(=O)N1C2. The molecule has 0 radical (unpaired) electrons. The van der Waals surface area contributed by atoms with Gasteiger partial charge in [-0.05, 0) is 79.7 Å². The number of rotatable bonds is 4. The van der Waals surface area contributed by atoms with Crippen molar-refractivity contribution in [3.63, 3.8) is 0 Å². The average molecular weight is 465 g/mol. The lowest BCUT2D eigenvalue weighted by Gasteiger charge is -2.35. The number of amides is 1. The molecule has 3 heterocycles. The van der Waals surface area contributed by atoms with Gasteiger partial charge < -0.3 is 15.0 Å². The van der Waals surface area contributed by atoms with E-state index in [-0.39, 0.29) is 23.3 Å². The van der Waals surface area contributed by atoms with Crippen molar-refractivity contribution >= 4 is 5.91 Å². The Morgan fingerprint density at radius 1 is 1.18 bits per heavy atom. The number of nitrogens with one attached hydrogen (secondary N) is 1. The first-order valence-corrected chi connectivity index (χ1v) is 12.6. The van der Waals surface area contributed by atoms with E-state index >= 15 is 0 Å². The number of nitrogens with zero attached hydrogens (tertiary/aromatic N) is 1. The van der Waals surface area contributed by atoms with E-state index in [1.165, 1.54) is 12.1 Å². The van der Waals surface area contributed by atoms with Gasteiger partial charge in [0.25, 0.3) is 0 Å². The van der Waals surface area contributed by atoms with Crippen LogP contribution < -0.4 is 5.32 Å². The van der Waals surface area contributed by atoms with Crippen molar-refractivity contribution in [3.05, 3.63) is 34.4 Å². The van der Waals surface area contributed by atoms with E-state index in [2.05, 4.69) is 12.2 Å². The standard InChI is InChI=1S/C26H35F3N2O2/c1-3-4-17-11-19(26(27,28)29)12-18-15-31-23(13-22(17)18)16(2)25(24(31)32)8-5-21(14-25)30-20-6-9-33-10-7-20/h11-12,16,20-21,23,30H,3-10,13-15H2,1-2H3/t16?,21-,23?,25+/m1/s1. The lowest BCUT2D eigenvalue weighted by atomic mass is 9.73. The van der Waals surface area contributed by atoms with Crippen molar-refractivity contribution in [1.29, 1.82) is 0 Å². The monoisotopic (exact) mass is 464 g/mol. The van der Waals surface area contributed by atoms with E-state index in [1.807, 2.05) is 11.8 Å². The van der Waals surface area contributed by atoms with Gasteiger partial charge in [0, 0.05) is 37.9 Å². The summed E-state index contributed by atoms with van der Waals surface area (Å²) >= 11 is 0.